The van der Waals surface area contributed by atoms with E-state index in [2.05, 4.69) is 0 Å². The van der Waals surface area contributed by atoms with Crippen LogP contribution in [0.2, 0.25) is 0 Å². The Kier molecular flexibility index (Phi) is 2.43. The summed E-state index contributed by atoms with van der Waals surface area (Å²) in [6, 6.07) is 0. The van der Waals surface area contributed by atoms with E-state index >= 15 is 0 Å². The first kappa shape index (κ1) is 9.13. The van der Waals surface area contributed by atoms with Crippen LogP contribution in [0.1, 0.15) is 13.3 Å². The van der Waals surface area contributed by atoms with Gasteiger partial charge in [-0.2, -0.15) is 0 Å². The van der Waals surface area contributed by atoms with Crippen molar-refractivity contribution in [2.45, 2.75) is 18.9 Å². The van der Waals surface area contributed by atoms with Gasteiger partial charge in [-0.3, -0.25) is 0 Å². The molecule has 0 heterocycles. The zero-order chi connectivity index (χ0) is 9.19. The summed E-state index contributed by atoms with van der Waals surface area (Å²) in [7, 11) is 3.10. The lowest BCUT2D eigenvalue weighted by Crippen LogP contribution is -2.32. The van der Waals surface area contributed by atoms with E-state index in [-0.39, 0.29) is 5.76 Å². The van der Waals surface area contributed by atoms with Crippen molar-refractivity contribution in [2.24, 2.45) is 0 Å². The van der Waals surface area contributed by atoms with Gasteiger partial charge in [-0.1, -0.05) is 6.08 Å². The minimum Gasteiger partial charge on any atom is -0.506 e. The molecule has 3 nitrogen and oxygen atoms in total. The van der Waals surface area contributed by atoms with Crippen molar-refractivity contribution < 1.29 is 14.6 Å². The molecule has 0 bridgehead atoms. The van der Waals surface area contributed by atoms with Crippen LogP contribution in [0, 0.1) is 0 Å². The number of aliphatic hydroxyl groups is 1. The van der Waals surface area contributed by atoms with Gasteiger partial charge >= 0.3 is 0 Å². The average Bonchev–Trinajstić information content (AvgIpc) is 2.10. The molecule has 1 N–H and O–H groups in total. The second-order valence-corrected chi connectivity index (χ2v) is 2.96. The minimum atomic E-state index is -0.625. The summed E-state index contributed by atoms with van der Waals surface area (Å²) in [5.41, 5.74) is -0.625. The van der Waals surface area contributed by atoms with Gasteiger partial charge in [0.2, 0.25) is 0 Å². The molecule has 0 radical (unpaired) electrons. The summed E-state index contributed by atoms with van der Waals surface area (Å²) in [6.07, 6.45) is 4.33. The summed E-state index contributed by atoms with van der Waals surface area (Å²) in [6.45, 7) is 1.82. The highest BCUT2D eigenvalue weighted by Gasteiger charge is 2.32. The maximum atomic E-state index is 9.67. The molecule has 0 saturated heterocycles. The summed E-state index contributed by atoms with van der Waals surface area (Å²) >= 11 is 0. The van der Waals surface area contributed by atoms with Crippen LogP contribution in [0.25, 0.3) is 0 Å². The van der Waals surface area contributed by atoms with Gasteiger partial charge in [0.15, 0.2) is 11.5 Å². The predicted octanol–water partition coefficient (Wildman–Crippen LogP) is 1.77. The molecule has 68 valence electrons. The van der Waals surface area contributed by atoms with Crippen molar-refractivity contribution in [3.63, 3.8) is 0 Å². The van der Waals surface area contributed by atoms with Gasteiger partial charge in [0.05, 0.1) is 7.11 Å². The van der Waals surface area contributed by atoms with E-state index in [0.717, 1.165) is 0 Å². The number of hydrogen-bond donors (Lipinski definition) is 1. The number of methoxy groups -OCH3 is 2. The molecule has 1 aliphatic rings. The quantitative estimate of drug-likeness (QED) is 0.686. The molecule has 0 fully saturated rings. The molecule has 1 unspecified atom stereocenters. The van der Waals surface area contributed by atoms with Gasteiger partial charge in [-0.15, -0.1) is 0 Å². The minimum absolute atomic E-state index is 0.162. The molecule has 0 spiro atoms. The highest BCUT2D eigenvalue weighted by Crippen LogP contribution is 2.30. The van der Waals surface area contributed by atoms with E-state index in [1.807, 2.05) is 13.0 Å². The van der Waals surface area contributed by atoms with E-state index in [0.29, 0.717) is 12.2 Å². The lowest BCUT2D eigenvalue weighted by atomic mass is 9.94. The number of hydrogen-bond acceptors (Lipinski definition) is 3. The molecule has 12 heavy (non-hydrogen) atoms. The van der Waals surface area contributed by atoms with Crippen LogP contribution in [0.5, 0.6) is 0 Å². The lowest BCUT2D eigenvalue weighted by molar-refractivity contribution is -0.00177. The fourth-order valence-electron chi connectivity index (χ4n) is 1.17. The second-order valence-electron chi connectivity index (χ2n) is 2.96. The van der Waals surface area contributed by atoms with E-state index in [1.165, 1.54) is 7.11 Å². The van der Waals surface area contributed by atoms with Crippen LogP contribution in [0.4, 0.5) is 0 Å². The monoisotopic (exact) mass is 170 g/mol. The molecule has 1 aliphatic carbocycles. The van der Waals surface area contributed by atoms with Crippen molar-refractivity contribution in [1.82, 2.24) is 0 Å². The smallest absolute Gasteiger partial charge is 0.166 e. The number of ether oxygens (including phenoxy) is 2. The van der Waals surface area contributed by atoms with Crippen LogP contribution in [-0.4, -0.2) is 24.9 Å². The Morgan fingerprint density at radius 2 is 2.17 bits per heavy atom. The van der Waals surface area contributed by atoms with E-state index in [9.17, 15) is 5.11 Å². The number of rotatable bonds is 2. The predicted molar refractivity (Wildman–Crippen MR) is 45.8 cm³/mol. The third-order valence-electron chi connectivity index (χ3n) is 2.18. The average molecular weight is 170 g/mol. The first-order chi connectivity index (χ1) is 5.64. The first-order valence-corrected chi connectivity index (χ1v) is 3.83. The third-order valence-corrected chi connectivity index (χ3v) is 2.18. The number of allylic oxidation sites excluding steroid dienone is 1. The van der Waals surface area contributed by atoms with Gasteiger partial charge in [-0.05, 0) is 13.0 Å². The van der Waals surface area contributed by atoms with Crippen molar-refractivity contribution in [3.8, 4) is 0 Å². The van der Waals surface area contributed by atoms with Gasteiger partial charge in [0.1, 0.15) is 5.60 Å². The molecule has 0 aromatic carbocycles. The normalized spacial score (nSPS) is 29.2. The van der Waals surface area contributed by atoms with E-state index < -0.39 is 5.60 Å². The Hall–Kier alpha value is -0.960. The zero-order valence-electron chi connectivity index (χ0n) is 7.63. The Labute approximate surface area is 72.3 Å². The van der Waals surface area contributed by atoms with E-state index in [1.54, 1.807) is 13.2 Å². The van der Waals surface area contributed by atoms with E-state index in [4.69, 9.17) is 9.47 Å². The summed E-state index contributed by atoms with van der Waals surface area (Å²) in [5.74, 6) is 0.639. The van der Waals surface area contributed by atoms with Crippen molar-refractivity contribution in [2.75, 3.05) is 14.2 Å². The lowest BCUT2D eigenvalue weighted by Gasteiger charge is -2.29. The zero-order valence-corrected chi connectivity index (χ0v) is 7.63. The Morgan fingerprint density at radius 1 is 1.50 bits per heavy atom. The van der Waals surface area contributed by atoms with Crippen LogP contribution < -0.4 is 0 Å². The Bertz CT molecular complexity index is 230. The van der Waals surface area contributed by atoms with Crippen LogP contribution in [-0.2, 0) is 9.47 Å². The molecular weight excluding hydrogens is 156 g/mol. The highest BCUT2D eigenvalue weighted by atomic mass is 16.5. The van der Waals surface area contributed by atoms with Gasteiger partial charge in [0, 0.05) is 13.5 Å². The molecule has 0 aromatic rings. The highest BCUT2D eigenvalue weighted by molar-refractivity contribution is 5.27. The fraction of sp³-hybridized carbons (Fsp3) is 0.556. The molecule has 0 aliphatic heterocycles. The first-order valence-electron chi connectivity index (χ1n) is 3.83. The van der Waals surface area contributed by atoms with Crippen molar-refractivity contribution in [1.29, 1.82) is 0 Å². The Balaban J connectivity index is 2.98. The maximum absolute atomic E-state index is 9.67. The molecule has 1 rings (SSSR count). The third kappa shape index (κ3) is 1.32. The summed E-state index contributed by atoms with van der Waals surface area (Å²) in [4.78, 5) is 0. The summed E-state index contributed by atoms with van der Waals surface area (Å²) in [5, 5.41) is 9.67. The maximum Gasteiger partial charge on any atom is 0.166 e. The number of aliphatic hydroxyl groups excluding tert-OH is 1. The van der Waals surface area contributed by atoms with Crippen molar-refractivity contribution >= 4 is 0 Å². The van der Waals surface area contributed by atoms with Gasteiger partial charge in [0.25, 0.3) is 0 Å². The molecule has 3 heteroatoms. The molecule has 0 aromatic heterocycles. The molecule has 0 amide bonds. The standard InChI is InChI=1S/C9H14O3/c1-9(12-3)6-4-5-7(11-2)8(9)10/h4-5,10H,6H2,1-3H3. The fourth-order valence-corrected chi connectivity index (χ4v) is 1.17. The van der Waals surface area contributed by atoms with Crippen LogP contribution >= 0.6 is 0 Å². The molecule has 0 saturated carbocycles. The SMILES string of the molecule is COC1=C(O)C(C)(OC)CC=C1. The van der Waals surface area contributed by atoms with Gasteiger partial charge in [-0.25, -0.2) is 0 Å². The second kappa shape index (κ2) is 3.19. The Morgan fingerprint density at radius 3 is 2.67 bits per heavy atom. The summed E-state index contributed by atoms with van der Waals surface area (Å²) < 4.78 is 10.1. The van der Waals surface area contributed by atoms with Crippen molar-refractivity contribution in [3.05, 3.63) is 23.7 Å². The van der Waals surface area contributed by atoms with Crippen LogP contribution in [0.3, 0.4) is 0 Å². The topological polar surface area (TPSA) is 38.7 Å². The molecular formula is C9H14O3. The van der Waals surface area contributed by atoms with Crippen LogP contribution in [0.15, 0.2) is 23.7 Å². The molecule has 1 atom stereocenters. The largest absolute Gasteiger partial charge is 0.506 e. The van der Waals surface area contributed by atoms with Gasteiger partial charge < -0.3 is 14.6 Å².